The van der Waals surface area contributed by atoms with Gasteiger partial charge in [0.2, 0.25) is 0 Å². The van der Waals surface area contributed by atoms with E-state index in [0.29, 0.717) is 0 Å². The fraction of sp³-hybridized carbons (Fsp3) is 0.161. The van der Waals surface area contributed by atoms with Crippen molar-refractivity contribution in [2.24, 2.45) is 0 Å². The molecule has 4 rings (SSSR count). The summed E-state index contributed by atoms with van der Waals surface area (Å²) in [5, 5.41) is 1.86. The molecule has 32 heavy (non-hydrogen) atoms. The molecule has 0 aromatic heterocycles. The van der Waals surface area contributed by atoms with Crippen molar-refractivity contribution in [3.63, 3.8) is 0 Å². The van der Waals surface area contributed by atoms with Crippen LogP contribution in [0.15, 0.2) is 84.9 Å². The predicted octanol–water partition coefficient (Wildman–Crippen LogP) is 7.51. The SMILES string of the molecule is CCCCCc1ccc(C#Cc2ccc(C#Cc3ccc4cc(F)ccc4c3)cc2)cc1. The molecule has 0 unspecified atom stereocenters. The van der Waals surface area contributed by atoms with Crippen LogP contribution in [0.4, 0.5) is 4.39 Å². The fourth-order valence-corrected chi connectivity index (χ4v) is 3.55. The molecule has 0 saturated heterocycles. The summed E-state index contributed by atoms with van der Waals surface area (Å²) in [6, 6.07) is 27.1. The van der Waals surface area contributed by atoms with Gasteiger partial charge in [-0.2, -0.15) is 0 Å². The Morgan fingerprint density at radius 1 is 0.562 bits per heavy atom. The summed E-state index contributed by atoms with van der Waals surface area (Å²) >= 11 is 0. The van der Waals surface area contributed by atoms with E-state index >= 15 is 0 Å². The van der Waals surface area contributed by atoms with Crippen molar-refractivity contribution in [3.05, 3.63) is 119 Å². The van der Waals surface area contributed by atoms with E-state index in [0.717, 1.165) is 39.4 Å². The minimum Gasteiger partial charge on any atom is -0.207 e. The van der Waals surface area contributed by atoms with Crippen LogP contribution < -0.4 is 0 Å². The van der Waals surface area contributed by atoms with E-state index in [4.69, 9.17) is 0 Å². The maximum absolute atomic E-state index is 13.3. The Bertz CT molecular complexity index is 1320. The van der Waals surface area contributed by atoms with Crippen LogP contribution in [0.3, 0.4) is 0 Å². The standard InChI is InChI=1S/C31H25F/c1-2-3-4-5-24-6-8-25(9-7-24)10-11-26-12-14-27(15-13-26)16-17-28-18-19-30-23-31(32)21-20-29(30)22-28/h6-9,12-15,18-23H,2-5H2,1H3. The average molecular weight is 417 g/mol. The summed E-state index contributed by atoms with van der Waals surface area (Å²) in [7, 11) is 0. The Hall–Kier alpha value is -3.81. The maximum Gasteiger partial charge on any atom is 0.123 e. The second-order valence-corrected chi connectivity index (χ2v) is 7.94. The van der Waals surface area contributed by atoms with Crippen LogP contribution in [-0.4, -0.2) is 0 Å². The first-order valence-electron chi connectivity index (χ1n) is 11.1. The van der Waals surface area contributed by atoms with E-state index in [1.165, 1.54) is 37.0 Å². The van der Waals surface area contributed by atoms with Gasteiger partial charge in [-0.1, -0.05) is 67.7 Å². The van der Waals surface area contributed by atoms with Crippen molar-refractivity contribution >= 4 is 10.8 Å². The van der Waals surface area contributed by atoms with Gasteiger partial charge < -0.3 is 0 Å². The second-order valence-electron chi connectivity index (χ2n) is 7.94. The van der Waals surface area contributed by atoms with Gasteiger partial charge >= 0.3 is 0 Å². The fourth-order valence-electron chi connectivity index (χ4n) is 3.55. The van der Waals surface area contributed by atoms with Crippen LogP contribution in [-0.2, 0) is 6.42 Å². The van der Waals surface area contributed by atoms with Crippen molar-refractivity contribution in [1.82, 2.24) is 0 Å². The van der Waals surface area contributed by atoms with Gasteiger partial charge in [-0.25, -0.2) is 4.39 Å². The van der Waals surface area contributed by atoms with Gasteiger partial charge in [-0.15, -0.1) is 0 Å². The molecular weight excluding hydrogens is 391 g/mol. The van der Waals surface area contributed by atoms with E-state index in [1.807, 2.05) is 42.5 Å². The molecule has 0 fully saturated rings. The first kappa shape index (κ1) is 21.4. The molecule has 0 amide bonds. The van der Waals surface area contributed by atoms with Crippen molar-refractivity contribution in [3.8, 4) is 23.7 Å². The molecule has 0 aliphatic rings. The van der Waals surface area contributed by atoms with Gasteiger partial charge in [-0.3, -0.25) is 0 Å². The molecular formula is C31H25F. The van der Waals surface area contributed by atoms with Crippen LogP contribution in [0.2, 0.25) is 0 Å². The third-order valence-corrected chi connectivity index (χ3v) is 5.41. The smallest absolute Gasteiger partial charge is 0.123 e. The van der Waals surface area contributed by atoms with E-state index in [1.54, 1.807) is 6.07 Å². The highest BCUT2D eigenvalue weighted by Crippen LogP contribution is 2.17. The zero-order chi connectivity index (χ0) is 22.2. The number of halogens is 1. The molecule has 0 nitrogen and oxygen atoms in total. The minimum absolute atomic E-state index is 0.223. The Labute approximate surface area is 190 Å². The first-order valence-corrected chi connectivity index (χ1v) is 11.1. The number of hydrogen-bond acceptors (Lipinski definition) is 0. The van der Waals surface area contributed by atoms with Gasteiger partial charge in [0.1, 0.15) is 5.82 Å². The third-order valence-electron chi connectivity index (χ3n) is 5.41. The Kier molecular flexibility index (Phi) is 7.01. The summed E-state index contributed by atoms with van der Waals surface area (Å²) in [5.41, 5.74) is 5.22. The highest BCUT2D eigenvalue weighted by atomic mass is 19.1. The summed E-state index contributed by atoms with van der Waals surface area (Å²) in [6.07, 6.45) is 4.92. The number of hydrogen-bond donors (Lipinski definition) is 0. The van der Waals surface area contributed by atoms with Crippen molar-refractivity contribution in [2.75, 3.05) is 0 Å². The number of fused-ring (bicyclic) bond motifs is 1. The third kappa shape index (κ3) is 5.87. The largest absolute Gasteiger partial charge is 0.207 e. The van der Waals surface area contributed by atoms with Crippen LogP contribution in [0.1, 0.15) is 54.0 Å². The number of benzene rings is 4. The van der Waals surface area contributed by atoms with E-state index in [-0.39, 0.29) is 5.82 Å². The van der Waals surface area contributed by atoms with Gasteiger partial charge in [0.15, 0.2) is 0 Å². The normalized spacial score (nSPS) is 10.2. The van der Waals surface area contributed by atoms with Crippen molar-refractivity contribution < 1.29 is 4.39 Å². The molecule has 0 bridgehead atoms. The van der Waals surface area contributed by atoms with Crippen LogP contribution >= 0.6 is 0 Å². The maximum atomic E-state index is 13.3. The molecule has 0 aliphatic carbocycles. The molecule has 4 aromatic carbocycles. The molecule has 0 aliphatic heterocycles. The molecule has 1 heteroatoms. The second kappa shape index (κ2) is 10.5. The average Bonchev–Trinajstić information content (AvgIpc) is 2.83. The molecule has 0 N–H and O–H groups in total. The number of rotatable bonds is 4. The lowest BCUT2D eigenvalue weighted by molar-refractivity contribution is 0.630. The molecule has 0 spiro atoms. The molecule has 0 heterocycles. The molecule has 0 atom stereocenters. The zero-order valence-corrected chi connectivity index (χ0v) is 18.3. The van der Waals surface area contributed by atoms with Gasteiger partial charge in [-0.05, 0) is 89.8 Å². The van der Waals surface area contributed by atoms with Crippen LogP contribution in [0.5, 0.6) is 0 Å². The van der Waals surface area contributed by atoms with E-state index in [2.05, 4.69) is 54.9 Å². The first-order chi connectivity index (χ1) is 15.7. The Balaban J connectivity index is 1.41. The highest BCUT2D eigenvalue weighted by Gasteiger charge is 1.97. The quantitative estimate of drug-likeness (QED) is 0.238. The topological polar surface area (TPSA) is 0 Å². The summed E-state index contributed by atoms with van der Waals surface area (Å²) < 4.78 is 13.3. The predicted molar refractivity (Wildman–Crippen MR) is 132 cm³/mol. The minimum atomic E-state index is -0.223. The molecule has 0 radical (unpaired) electrons. The highest BCUT2D eigenvalue weighted by molar-refractivity contribution is 5.84. The van der Waals surface area contributed by atoms with Crippen LogP contribution in [0, 0.1) is 29.5 Å². The lowest BCUT2D eigenvalue weighted by Gasteiger charge is -2.00. The molecule has 156 valence electrons. The summed E-state index contributed by atoms with van der Waals surface area (Å²) in [6.45, 7) is 2.23. The zero-order valence-electron chi connectivity index (χ0n) is 18.3. The lowest BCUT2D eigenvalue weighted by Crippen LogP contribution is -1.85. The van der Waals surface area contributed by atoms with Crippen molar-refractivity contribution in [2.45, 2.75) is 32.6 Å². The number of aryl methyl sites for hydroxylation is 1. The summed E-state index contributed by atoms with van der Waals surface area (Å²) in [5.74, 6) is 12.6. The summed E-state index contributed by atoms with van der Waals surface area (Å²) in [4.78, 5) is 0. The Morgan fingerprint density at radius 3 is 1.69 bits per heavy atom. The Morgan fingerprint density at radius 2 is 1.06 bits per heavy atom. The van der Waals surface area contributed by atoms with E-state index < -0.39 is 0 Å². The lowest BCUT2D eigenvalue weighted by atomic mass is 10.1. The monoisotopic (exact) mass is 416 g/mol. The van der Waals surface area contributed by atoms with Gasteiger partial charge in [0.05, 0.1) is 0 Å². The molecule has 4 aromatic rings. The van der Waals surface area contributed by atoms with E-state index in [9.17, 15) is 4.39 Å². The van der Waals surface area contributed by atoms with Gasteiger partial charge in [0.25, 0.3) is 0 Å². The van der Waals surface area contributed by atoms with Gasteiger partial charge in [0, 0.05) is 22.3 Å². The number of unbranched alkanes of at least 4 members (excludes halogenated alkanes) is 2. The molecule has 0 saturated carbocycles. The van der Waals surface area contributed by atoms with Crippen molar-refractivity contribution in [1.29, 1.82) is 0 Å². The van der Waals surface area contributed by atoms with Crippen LogP contribution in [0.25, 0.3) is 10.8 Å².